The second kappa shape index (κ2) is 7.10. The fourth-order valence-electron chi connectivity index (χ4n) is 2.19. The van der Waals surface area contributed by atoms with Crippen LogP contribution in [0.5, 0.6) is 0 Å². The van der Waals surface area contributed by atoms with E-state index in [2.05, 4.69) is 6.58 Å². The van der Waals surface area contributed by atoms with Crippen LogP contribution in [0.4, 0.5) is 0 Å². The molecule has 0 spiro atoms. The molecule has 0 bridgehead atoms. The molecule has 0 heterocycles. The van der Waals surface area contributed by atoms with E-state index >= 15 is 0 Å². The molecular formula is C17H16Cl2O2. The molecule has 2 aromatic rings. The van der Waals surface area contributed by atoms with Gasteiger partial charge in [0.1, 0.15) is 0 Å². The highest BCUT2D eigenvalue weighted by Crippen LogP contribution is 2.34. The fraction of sp³-hybridized carbons (Fsp3) is 0.176. The van der Waals surface area contributed by atoms with Crippen molar-refractivity contribution in [2.75, 3.05) is 0 Å². The predicted octanol–water partition coefficient (Wildman–Crippen LogP) is 4.56. The van der Waals surface area contributed by atoms with Gasteiger partial charge in [-0.1, -0.05) is 53.5 Å². The van der Waals surface area contributed by atoms with Crippen molar-refractivity contribution in [3.63, 3.8) is 0 Å². The minimum atomic E-state index is -0.870. The zero-order chi connectivity index (χ0) is 15.4. The first kappa shape index (κ1) is 16.1. The molecule has 2 atom stereocenters. The summed E-state index contributed by atoms with van der Waals surface area (Å²) in [5.41, 5.74) is 1.36. The van der Waals surface area contributed by atoms with E-state index < -0.39 is 18.1 Å². The molecule has 0 aliphatic heterocycles. The van der Waals surface area contributed by atoms with E-state index in [-0.39, 0.29) is 0 Å². The van der Waals surface area contributed by atoms with Gasteiger partial charge in [-0.25, -0.2) is 0 Å². The zero-order valence-corrected chi connectivity index (χ0v) is 12.8. The van der Waals surface area contributed by atoms with Gasteiger partial charge in [0.15, 0.2) is 0 Å². The Bertz CT molecular complexity index is 542. The maximum Gasteiger partial charge on any atom is 0.0880 e. The lowest BCUT2D eigenvalue weighted by atomic mass is 9.87. The van der Waals surface area contributed by atoms with Crippen molar-refractivity contribution in [2.45, 2.75) is 12.2 Å². The number of benzene rings is 2. The molecule has 21 heavy (non-hydrogen) atoms. The van der Waals surface area contributed by atoms with Crippen LogP contribution in [0.25, 0.3) is 0 Å². The second-order valence-electron chi connectivity index (χ2n) is 4.81. The Kier molecular flexibility index (Phi) is 5.43. The molecule has 0 fully saturated rings. The summed E-state index contributed by atoms with van der Waals surface area (Å²) in [4.78, 5) is 0. The van der Waals surface area contributed by atoms with Crippen molar-refractivity contribution in [1.29, 1.82) is 0 Å². The van der Waals surface area contributed by atoms with E-state index in [0.29, 0.717) is 21.2 Å². The molecule has 4 heteroatoms. The lowest BCUT2D eigenvalue weighted by molar-refractivity contribution is 0.0353. The van der Waals surface area contributed by atoms with Crippen LogP contribution in [0, 0.1) is 5.92 Å². The maximum atomic E-state index is 10.5. The normalized spacial score (nSPS) is 15.2. The Hall–Kier alpha value is -1.32. The van der Waals surface area contributed by atoms with Crippen molar-refractivity contribution in [1.82, 2.24) is 0 Å². The molecule has 2 unspecified atom stereocenters. The summed E-state index contributed by atoms with van der Waals surface area (Å²) in [5, 5.41) is 22.1. The molecule has 0 amide bonds. The third kappa shape index (κ3) is 3.86. The van der Waals surface area contributed by atoms with Gasteiger partial charge < -0.3 is 10.2 Å². The summed E-state index contributed by atoms with van der Waals surface area (Å²) in [6.07, 6.45) is -0.186. The summed E-state index contributed by atoms with van der Waals surface area (Å²) in [6, 6.07) is 13.8. The van der Waals surface area contributed by atoms with Crippen molar-refractivity contribution in [3.8, 4) is 0 Å². The molecule has 110 valence electrons. The Balaban J connectivity index is 2.23. The Labute approximate surface area is 134 Å². The smallest absolute Gasteiger partial charge is 0.0880 e. The van der Waals surface area contributed by atoms with Gasteiger partial charge in [-0.3, -0.25) is 0 Å². The van der Waals surface area contributed by atoms with E-state index in [9.17, 15) is 10.2 Å². The number of aliphatic hydroxyl groups is 2. The number of hydrogen-bond acceptors (Lipinski definition) is 2. The SMILES string of the molecule is C=CC(C(O)c1ccc(Cl)cc1)C(O)c1ccc(Cl)cc1. The lowest BCUT2D eigenvalue weighted by Crippen LogP contribution is -2.18. The molecule has 2 nitrogen and oxygen atoms in total. The first-order valence-electron chi connectivity index (χ1n) is 6.52. The molecule has 0 aliphatic rings. The first-order chi connectivity index (χ1) is 10.0. The molecule has 0 radical (unpaired) electrons. The predicted molar refractivity (Wildman–Crippen MR) is 86.5 cm³/mol. The monoisotopic (exact) mass is 322 g/mol. The average molecular weight is 323 g/mol. The Morgan fingerprint density at radius 2 is 1.10 bits per heavy atom. The lowest BCUT2D eigenvalue weighted by Gasteiger charge is -2.25. The van der Waals surface area contributed by atoms with Crippen LogP contribution in [0.15, 0.2) is 61.2 Å². The van der Waals surface area contributed by atoms with Crippen LogP contribution in [0.3, 0.4) is 0 Å². The van der Waals surface area contributed by atoms with E-state index in [4.69, 9.17) is 23.2 Å². The molecule has 0 aromatic heterocycles. The van der Waals surface area contributed by atoms with E-state index in [1.165, 1.54) is 0 Å². The molecule has 2 N–H and O–H groups in total. The van der Waals surface area contributed by atoms with E-state index in [1.54, 1.807) is 54.6 Å². The van der Waals surface area contributed by atoms with Crippen molar-refractivity contribution < 1.29 is 10.2 Å². The summed E-state index contributed by atoms with van der Waals surface area (Å²) in [7, 11) is 0. The highest BCUT2D eigenvalue weighted by molar-refractivity contribution is 6.30. The first-order valence-corrected chi connectivity index (χ1v) is 7.28. The second-order valence-corrected chi connectivity index (χ2v) is 5.68. The standard InChI is InChI=1S/C17H16Cl2O2/c1-2-15(16(20)11-3-7-13(18)8-4-11)17(21)12-5-9-14(19)10-6-12/h2-10,15-17,20-21H,1H2. The minimum Gasteiger partial charge on any atom is -0.388 e. The summed E-state index contributed by atoms with van der Waals surface area (Å²) in [6.45, 7) is 3.72. The van der Waals surface area contributed by atoms with Gasteiger partial charge in [-0.2, -0.15) is 0 Å². The van der Waals surface area contributed by atoms with E-state index in [1.807, 2.05) is 0 Å². The molecule has 2 rings (SSSR count). The van der Waals surface area contributed by atoms with E-state index in [0.717, 1.165) is 0 Å². The van der Waals surface area contributed by atoms with Gasteiger partial charge in [0.05, 0.1) is 12.2 Å². The third-order valence-corrected chi connectivity index (χ3v) is 3.93. The van der Waals surface area contributed by atoms with Crippen molar-refractivity contribution in [3.05, 3.63) is 82.4 Å². The minimum absolute atomic E-state index is 0.535. The molecule has 0 saturated carbocycles. The van der Waals surface area contributed by atoms with Crippen molar-refractivity contribution in [2.24, 2.45) is 5.92 Å². The van der Waals surface area contributed by atoms with Crippen LogP contribution in [0.1, 0.15) is 23.3 Å². The maximum absolute atomic E-state index is 10.5. The molecule has 2 aromatic carbocycles. The number of aliphatic hydroxyl groups excluding tert-OH is 2. The average Bonchev–Trinajstić information content (AvgIpc) is 2.49. The quantitative estimate of drug-likeness (QED) is 0.792. The highest BCUT2D eigenvalue weighted by atomic mass is 35.5. The van der Waals surface area contributed by atoms with Crippen molar-refractivity contribution >= 4 is 23.2 Å². The third-order valence-electron chi connectivity index (χ3n) is 3.42. The van der Waals surface area contributed by atoms with Crippen LogP contribution < -0.4 is 0 Å². The Morgan fingerprint density at radius 3 is 1.38 bits per heavy atom. The molecule has 0 saturated heterocycles. The van der Waals surface area contributed by atoms with Gasteiger partial charge in [0.25, 0.3) is 0 Å². The topological polar surface area (TPSA) is 40.5 Å². The van der Waals surface area contributed by atoms with Crippen LogP contribution in [0.2, 0.25) is 10.0 Å². The Morgan fingerprint density at radius 1 is 0.762 bits per heavy atom. The number of rotatable bonds is 5. The molecule has 0 aliphatic carbocycles. The van der Waals surface area contributed by atoms with Crippen LogP contribution in [-0.4, -0.2) is 10.2 Å². The highest BCUT2D eigenvalue weighted by Gasteiger charge is 2.26. The van der Waals surface area contributed by atoms with Crippen LogP contribution >= 0.6 is 23.2 Å². The number of halogens is 2. The van der Waals surface area contributed by atoms with Gasteiger partial charge in [0.2, 0.25) is 0 Å². The largest absolute Gasteiger partial charge is 0.388 e. The van der Waals surface area contributed by atoms with Gasteiger partial charge in [0, 0.05) is 16.0 Å². The molecular weight excluding hydrogens is 307 g/mol. The van der Waals surface area contributed by atoms with Crippen LogP contribution in [-0.2, 0) is 0 Å². The summed E-state index contributed by atoms with van der Waals surface area (Å²) < 4.78 is 0. The van der Waals surface area contributed by atoms with Gasteiger partial charge in [-0.15, -0.1) is 6.58 Å². The zero-order valence-electron chi connectivity index (χ0n) is 11.3. The fourth-order valence-corrected chi connectivity index (χ4v) is 2.45. The van der Waals surface area contributed by atoms with Gasteiger partial charge >= 0.3 is 0 Å². The summed E-state index contributed by atoms with van der Waals surface area (Å²) >= 11 is 11.7. The number of hydrogen-bond donors (Lipinski definition) is 2. The summed E-state index contributed by atoms with van der Waals surface area (Å²) in [5.74, 6) is -0.535. The van der Waals surface area contributed by atoms with Gasteiger partial charge in [-0.05, 0) is 35.4 Å².